The molecule has 38 heavy (non-hydrogen) atoms. The molecule has 5 rings (SSSR count). The molecule has 1 fully saturated rings. The second-order valence-electron chi connectivity index (χ2n) is 9.95. The number of anilines is 1. The molecular formula is C30H33N3O5. The van der Waals surface area contributed by atoms with Crippen molar-refractivity contribution >= 4 is 23.4 Å². The normalized spacial score (nSPS) is 17.9. The predicted molar refractivity (Wildman–Crippen MR) is 143 cm³/mol. The average molecular weight is 516 g/mol. The number of amides is 3. The maximum atomic E-state index is 13.6. The van der Waals surface area contributed by atoms with E-state index < -0.39 is 0 Å². The van der Waals surface area contributed by atoms with Gasteiger partial charge in [0.1, 0.15) is 11.5 Å². The molecule has 0 N–H and O–H groups in total. The van der Waals surface area contributed by atoms with Crippen LogP contribution in [0.4, 0.5) is 5.69 Å². The lowest BCUT2D eigenvalue weighted by Crippen LogP contribution is -2.44. The van der Waals surface area contributed by atoms with E-state index in [1.54, 1.807) is 31.4 Å². The number of rotatable bonds is 8. The molecular weight excluding hydrogens is 482 g/mol. The Balaban J connectivity index is 1.32. The van der Waals surface area contributed by atoms with E-state index in [0.29, 0.717) is 24.1 Å². The maximum absolute atomic E-state index is 13.6. The van der Waals surface area contributed by atoms with Crippen LogP contribution in [0.1, 0.15) is 57.8 Å². The quantitative estimate of drug-likeness (QED) is 0.409. The lowest BCUT2D eigenvalue weighted by Gasteiger charge is -2.37. The van der Waals surface area contributed by atoms with Crippen molar-refractivity contribution in [2.24, 2.45) is 5.92 Å². The number of carbonyl (C=O) groups is 3. The fraction of sp³-hybridized carbons (Fsp3) is 0.367. The van der Waals surface area contributed by atoms with Gasteiger partial charge in [-0.2, -0.15) is 0 Å². The zero-order valence-electron chi connectivity index (χ0n) is 22.1. The van der Waals surface area contributed by atoms with Gasteiger partial charge < -0.3 is 19.0 Å². The standard InChI is InChI=1S/C30H33N3O5/c1-20(25-14-8-18-38-25)31(2)28(34)22-10-7-16-32(19-22)24-12-6-11-23-27(24)30(36)33(29(23)35)17-15-21-9-4-5-13-26(21)37-3/h4-6,8-9,11-14,18,20,22H,7,10,15-17,19H2,1-3H3/t20-,22+/m0/s1. The van der Waals surface area contributed by atoms with Crippen molar-refractivity contribution in [1.82, 2.24) is 9.80 Å². The van der Waals surface area contributed by atoms with Crippen molar-refractivity contribution < 1.29 is 23.5 Å². The molecule has 0 aliphatic carbocycles. The Kier molecular flexibility index (Phi) is 7.22. The van der Waals surface area contributed by atoms with Crippen LogP contribution in [-0.2, 0) is 11.2 Å². The van der Waals surface area contributed by atoms with Crippen LogP contribution >= 0.6 is 0 Å². The summed E-state index contributed by atoms with van der Waals surface area (Å²) in [6.45, 7) is 3.43. The fourth-order valence-corrected chi connectivity index (χ4v) is 5.52. The van der Waals surface area contributed by atoms with E-state index >= 15 is 0 Å². The smallest absolute Gasteiger partial charge is 0.263 e. The number of ether oxygens (including phenoxy) is 1. The first-order valence-electron chi connectivity index (χ1n) is 13.1. The van der Waals surface area contributed by atoms with Crippen LogP contribution in [0.5, 0.6) is 5.75 Å². The number of hydrogen-bond acceptors (Lipinski definition) is 6. The Bertz CT molecular complexity index is 1340. The van der Waals surface area contributed by atoms with Gasteiger partial charge in [-0.3, -0.25) is 19.3 Å². The summed E-state index contributed by atoms with van der Waals surface area (Å²) in [5, 5.41) is 0. The molecule has 1 saturated heterocycles. The summed E-state index contributed by atoms with van der Waals surface area (Å²) in [6.07, 6.45) is 3.71. The summed E-state index contributed by atoms with van der Waals surface area (Å²) < 4.78 is 10.9. The molecule has 2 aliphatic rings. The van der Waals surface area contributed by atoms with Gasteiger partial charge in [-0.15, -0.1) is 0 Å². The van der Waals surface area contributed by atoms with E-state index in [-0.39, 0.29) is 36.2 Å². The van der Waals surface area contributed by atoms with Crippen molar-refractivity contribution in [2.75, 3.05) is 38.7 Å². The van der Waals surface area contributed by atoms with Gasteiger partial charge in [0.15, 0.2) is 0 Å². The number of nitrogens with zero attached hydrogens (tertiary/aromatic N) is 3. The van der Waals surface area contributed by atoms with Gasteiger partial charge in [0.05, 0.1) is 42.1 Å². The van der Waals surface area contributed by atoms with Gasteiger partial charge in [-0.25, -0.2) is 0 Å². The molecule has 0 saturated carbocycles. The Morgan fingerprint density at radius 2 is 1.92 bits per heavy atom. The summed E-state index contributed by atoms with van der Waals surface area (Å²) in [5.41, 5.74) is 2.52. The second-order valence-corrected chi connectivity index (χ2v) is 9.95. The molecule has 8 heteroatoms. The summed E-state index contributed by atoms with van der Waals surface area (Å²) in [6, 6.07) is 16.6. The van der Waals surface area contributed by atoms with Crippen molar-refractivity contribution in [2.45, 2.75) is 32.2 Å². The molecule has 3 amide bonds. The number of hydrogen-bond donors (Lipinski definition) is 0. The Morgan fingerprint density at radius 3 is 2.68 bits per heavy atom. The maximum Gasteiger partial charge on any atom is 0.263 e. The van der Waals surface area contributed by atoms with Gasteiger partial charge in [-0.05, 0) is 62.1 Å². The third-order valence-corrected chi connectivity index (χ3v) is 7.77. The highest BCUT2D eigenvalue weighted by Gasteiger charge is 2.39. The number of furan rings is 1. The fourth-order valence-electron chi connectivity index (χ4n) is 5.52. The van der Waals surface area contributed by atoms with E-state index in [0.717, 1.165) is 42.1 Å². The largest absolute Gasteiger partial charge is 0.496 e. The van der Waals surface area contributed by atoms with E-state index in [2.05, 4.69) is 4.90 Å². The van der Waals surface area contributed by atoms with Crippen LogP contribution in [0.25, 0.3) is 0 Å². The molecule has 2 aliphatic heterocycles. The van der Waals surface area contributed by atoms with Crippen molar-refractivity contribution in [3.05, 3.63) is 83.3 Å². The van der Waals surface area contributed by atoms with Gasteiger partial charge in [0.2, 0.25) is 5.91 Å². The van der Waals surface area contributed by atoms with Crippen LogP contribution in [0.3, 0.4) is 0 Å². The molecule has 1 aromatic heterocycles. The SMILES string of the molecule is COc1ccccc1CCN1C(=O)c2cccc(N3CCC[C@@H](C(=O)N(C)[C@@H](C)c4ccco4)C3)c2C1=O. The summed E-state index contributed by atoms with van der Waals surface area (Å²) in [7, 11) is 3.41. The molecule has 2 atom stereocenters. The van der Waals surface area contributed by atoms with Crippen LogP contribution < -0.4 is 9.64 Å². The van der Waals surface area contributed by atoms with Crippen molar-refractivity contribution in [3.8, 4) is 5.75 Å². The van der Waals surface area contributed by atoms with Crippen molar-refractivity contribution in [1.29, 1.82) is 0 Å². The number of para-hydroxylation sites is 1. The minimum absolute atomic E-state index is 0.0482. The topological polar surface area (TPSA) is 83.3 Å². The predicted octanol–water partition coefficient (Wildman–Crippen LogP) is 4.56. The van der Waals surface area contributed by atoms with E-state index in [9.17, 15) is 14.4 Å². The molecule has 8 nitrogen and oxygen atoms in total. The monoisotopic (exact) mass is 515 g/mol. The molecule has 0 spiro atoms. The molecule has 3 aromatic rings. The van der Waals surface area contributed by atoms with E-state index in [1.165, 1.54) is 4.90 Å². The molecule has 0 unspecified atom stereocenters. The van der Waals surface area contributed by atoms with Gasteiger partial charge in [0.25, 0.3) is 11.8 Å². The number of methoxy groups -OCH3 is 1. The lowest BCUT2D eigenvalue weighted by atomic mass is 9.94. The molecule has 3 heterocycles. The number of benzene rings is 2. The van der Waals surface area contributed by atoms with Gasteiger partial charge in [-0.1, -0.05) is 24.3 Å². The number of carbonyl (C=O) groups excluding carboxylic acids is 3. The lowest BCUT2D eigenvalue weighted by molar-refractivity contribution is -0.136. The van der Waals surface area contributed by atoms with Crippen LogP contribution in [-0.4, -0.2) is 61.3 Å². The highest BCUT2D eigenvalue weighted by molar-refractivity contribution is 6.23. The van der Waals surface area contributed by atoms with E-state index in [4.69, 9.17) is 9.15 Å². The zero-order chi connectivity index (χ0) is 26.8. The number of piperidine rings is 1. The molecule has 0 bridgehead atoms. The van der Waals surface area contributed by atoms with Crippen LogP contribution in [0, 0.1) is 5.92 Å². The molecule has 0 radical (unpaired) electrons. The van der Waals surface area contributed by atoms with Crippen LogP contribution in [0.2, 0.25) is 0 Å². The van der Waals surface area contributed by atoms with E-state index in [1.807, 2.05) is 55.5 Å². The molecule has 2 aromatic carbocycles. The highest BCUT2D eigenvalue weighted by atomic mass is 16.5. The third kappa shape index (κ3) is 4.66. The second kappa shape index (κ2) is 10.7. The number of fused-ring (bicyclic) bond motifs is 1. The minimum Gasteiger partial charge on any atom is -0.496 e. The first-order chi connectivity index (χ1) is 18.4. The van der Waals surface area contributed by atoms with Gasteiger partial charge in [0, 0.05) is 26.7 Å². The first-order valence-corrected chi connectivity index (χ1v) is 13.1. The summed E-state index contributed by atoms with van der Waals surface area (Å²) in [4.78, 5) is 45.4. The minimum atomic E-state index is -0.285. The Hall–Kier alpha value is -4.07. The van der Waals surface area contributed by atoms with Crippen molar-refractivity contribution in [3.63, 3.8) is 0 Å². The first kappa shape index (κ1) is 25.6. The average Bonchev–Trinajstić information content (AvgIpc) is 3.58. The highest BCUT2D eigenvalue weighted by Crippen LogP contribution is 2.35. The summed E-state index contributed by atoms with van der Waals surface area (Å²) >= 11 is 0. The Morgan fingerprint density at radius 1 is 1.11 bits per heavy atom. The zero-order valence-corrected chi connectivity index (χ0v) is 22.1. The molecule has 198 valence electrons. The van der Waals surface area contributed by atoms with Gasteiger partial charge >= 0.3 is 0 Å². The third-order valence-electron chi connectivity index (χ3n) is 7.77. The Labute approximate surface area is 222 Å². The summed E-state index contributed by atoms with van der Waals surface area (Å²) in [5.74, 6) is 0.751. The number of imide groups is 1. The van der Waals surface area contributed by atoms with Crippen LogP contribution in [0.15, 0.2) is 65.3 Å².